The molecule has 1 amide bonds. The number of carbonyl (C=O) groups is 1. The third kappa shape index (κ3) is 5.57. The number of fused-ring (bicyclic) bond motifs is 1. The van der Waals surface area contributed by atoms with Gasteiger partial charge in [-0.2, -0.15) is 4.31 Å². The molecule has 0 fully saturated rings. The summed E-state index contributed by atoms with van der Waals surface area (Å²) in [6.45, 7) is 12.3. The SMILES string of the molecule is CCN(CC)S(=O)(=O)c1ccc2nc(S[C@@H](C)C(=O)Nc3cc(C)ccc3C)cc(C)c2c1. The molecule has 3 rings (SSSR count). The van der Waals surface area contributed by atoms with Gasteiger partial charge in [-0.3, -0.25) is 4.79 Å². The average Bonchev–Trinajstić information content (AvgIpc) is 2.76. The molecule has 6 nitrogen and oxygen atoms in total. The van der Waals surface area contributed by atoms with Crippen LogP contribution in [0.2, 0.25) is 0 Å². The van der Waals surface area contributed by atoms with E-state index in [0.717, 1.165) is 32.8 Å². The summed E-state index contributed by atoms with van der Waals surface area (Å²) in [5, 5.41) is 4.18. The smallest absolute Gasteiger partial charge is 0.243 e. The van der Waals surface area contributed by atoms with E-state index >= 15 is 0 Å². The molecule has 8 heteroatoms. The standard InChI is InChI=1S/C25H31N3O3S2/c1-7-28(8-2)33(30,31)20-11-12-22-21(15-20)18(5)14-24(26-22)32-19(6)25(29)27-23-13-16(3)9-10-17(23)4/h9-15,19H,7-8H2,1-6H3,(H,27,29)/t19-/m0/s1. The van der Waals surface area contributed by atoms with Gasteiger partial charge in [0.2, 0.25) is 15.9 Å². The molecule has 0 saturated carbocycles. The van der Waals surface area contributed by atoms with Crippen LogP contribution in [0.3, 0.4) is 0 Å². The Kier molecular flexibility index (Phi) is 7.82. The molecule has 1 heterocycles. The van der Waals surface area contributed by atoms with Crippen LogP contribution in [-0.4, -0.2) is 42.0 Å². The monoisotopic (exact) mass is 485 g/mol. The molecule has 1 atom stereocenters. The second kappa shape index (κ2) is 10.2. The summed E-state index contributed by atoms with van der Waals surface area (Å²) in [6, 6.07) is 12.9. The first kappa shape index (κ1) is 25.2. The van der Waals surface area contributed by atoms with Gasteiger partial charge in [0.25, 0.3) is 0 Å². The number of hydrogen-bond donors (Lipinski definition) is 1. The van der Waals surface area contributed by atoms with Crippen LogP contribution >= 0.6 is 11.8 Å². The number of rotatable bonds is 8. The maximum Gasteiger partial charge on any atom is 0.243 e. The number of amides is 1. The number of pyridine rings is 1. The van der Waals surface area contributed by atoms with Crippen LogP contribution in [0.15, 0.2) is 52.4 Å². The fourth-order valence-electron chi connectivity index (χ4n) is 3.62. The van der Waals surface area contributed by atoms with Crippen molar-refractivity contribution in [3.8, 4) is 0 Å². The van der Waals surface area contributed by atoms with Crippen molar-refractivity contribution >= 4 is 44.3 Å². The Morgan fingerprint density at radius 1 is 1.03 bits per heavy atom. The van der Waals surface area contributed by atoms with Crippen molar-refractivity contribution in [2.45, 2.75) is 56.7 Å². The Balaban J connectivity index is 1.83. The number of nitrogens with zero attached hydrogens (tertiary/aromatic N) is 2. The molecule has 0 unspecified atom stereocenters. The van der Waals surface area contributed by atoms with Gasteiger partial charge in [0.05, 0.1) is 20.7 Å². The lowest BCUT2D eigenvalue weighted by Crippen LogP contribution is -2.30. The summed E-state index contributed by atoms with van der Waals surface area (Å²) in [5.41, 5.74) is 4.54. The summed E-state index contributed by atoms with van der Waals surface area (Å²) >= 11 is 1.38. The number of hydrogen-bond acceptors (Lipinski definition) is 5. The molecule has 1 aromatic heterocycles. The summed E-state index contributed by atoms with van der Waals surface area (Å²) in [7, 11) is -3.54. The van der Waals surface area contributed by atoms with Crippen LogP contribution in [0.1, 0.15) is 37.5 Å². The van der Waals surface area contributed by atoms with E-state index in [0.29, 0.717) is 18.6 Å². The van der Waals surface area contributed by atoms with Crippen molar-refractivity contribution in [1.29, 1.82) is 0 Å². The molecule has 0 spiro atoms. The number of thioether (sulfide) groups is 1. The second-order valence-corrected chi connectivity index (χ2v) is 11.4. The average molecular weight is 486 g/mol. The zero-order valence-corrected chi connectivity index (χ0v) is 21.6. The topological polar surface area (TPSA) is 79.4 Å². The number of aromatic nitrogens is 1. The Labute approximate surface area is 200 Å². The Hall–Kier alpha value is -2.42. The van der Waals surface area contributed by atoms with E-state index < -0.39 is 10.0 Å². The van der Waals surface area contributed by atoms with E-state index in [-0.39, 0.29) is 16.1 Å². The predicted molar refractivity (Wildman–Crippen MR) is 136 cm³/mol. The summed E-state index contributed by atoms with van der Waals surface area (Å²) in [5.74, 6) is -0.0890. The van der Waals surface area contributed by atoms with Gasteiger partial charge in [-0.25, -0.2) is 13.4 Å². The highest BCUT2D eigenvalue weighted by atomic mass is 32.2. The van der Waals surface area contributed by atoms with Crippen LogP contribution in [0.4, 0.5) is 5.69 Å². The van der Waals surface area contributed by atoms with Gasteiger partial charge in [0, 0.05) is 24.2 Å². The molecule has 3 aromatic rings. The minimum absolute atomic E-state index is 0.0890. The van der Waals surface area contributed by atoms with E-state index in [2.05, 4.69) is 10.3 Å². The van der Waals surface area contributed by atoms with Gasteiger partial charge in [0.1, 0.15) is 0 Å². The zero-order valence-electron chi connectivity index (χ0n) is 20.0. The maximum atomic E-state index is 12.9. The Bertz CT molecular complexity index is 1290. The highest BCUT2D eigenvalue weighted by Gasteiger charge is 2.23. The second-order valence-electron chi connectivity index (χ2n) is 8.11. The molecule has 33 heavy (non-hydrogen) atoms. The van der Waals surface area contributed by atoms with Crippen molar-refractivity contribution in [2.75, 3.05) is 18.4 Å². The third-order valence-corrected chi connectivity index (χ3v) is 8.69. The summed E-state index contributed by atoms with van der Waals surface area (Å²) in [4.78, 5) is 17.7. The molecule has 176 valence electrons. The first-order valence-corrected chi connectivity index (χ1v) is 13.3. The van der Waals surface area contributed by atoms with Crippen molar-refractivity contribution in [3.05, 3.63) is 59.2 Å². The van der Waals surface area contributed by atoms with Gasteiger partial charge < -0.3 is 5.32 Å². The van der Waals surface area contributed by atoms with E-state index in [1.54, 1.807) is 18.2 Å². The van der Waals surface area contributed by atoms with Gasteiger partial charge in [-0.1, -0.05) is 37.7 Å². The molecule has 0 radical (unpaired) electrons. The van der Waals surface area contributed by atoms with Crippen LogP contribution in [0.25, 0.3) is 10.9 Å². The van der Waals surface area contributed by atoms with Crippen molar-refractivity contribution < 1.29 is 13.2 Å². The van der Waals surface area contributed by atoms with Crippen molar-refractivity contribution in [1.82, 2.24) is 9.29 Å². The molecule has 0 saturated heterocycles. The summed E-state index contributed by atoms with van der Waals surface area (Å²) < 4.78 is 27.2. The number of nitrogens with one attached hydrogen (secondary N) is 1. The van der Waals surface area contributed by atoms with Gasteiger partial charge in [-0.15, -0.1) is 0 Å². The van der Waals surface area contributed by atoms with E-state index in [1.807, 2.05) is 65.8 Å². The predicted octanol–water partition coefficient (Wildman–Crippen LogP) is 5.31. The fourth-order valence-corrected chi connectivity index (χ4v) is 6.02. The third-order valence-electron chi connectivity index (χ3n) is 5.62. The highest BCUT2D eigenvalue weighted by Crippen LogP contribution is 2.29. The maximum absolute atomic E-state index is 12.9. The number of benzene rings is 2. The van der Waals surface area contributed by atoms with Gasteiger partial charge in [-0.05, 0) is 74.7 Å². The fraction of sp³-hybridized carbons (Fsp3) is 0.360. The molecule has 2 aromatic carbocycles. The summed E-state index contributed by atoms with van der Waals surface area (Å²) in [6.07, 6.45) is 0. The van der Waals surface area contributed by atoms with Crippen LogP contribution in [-0.2, 0) is 14.8 Å². The molecular weight excluding hydrogens is 454 g/mol. The molecule has 0 bridgehead atoms. The Morgan fingerprint density at radius 3 is 2.39 bits per heavy atom. The first-order valence-electron chi connectivity index (χ1n) is 11.0. The van der Waals surface area contributed by atoms with E-state index in [4.69, 9.17) is 0 Å². The number of sulfonamides is 1. The van der Waals surface area contributed by atoms with Crippen molar-refractivity contribution in [2.24, 2.45) is 0 Å². The molecule has 0 aliphatic carbocycles. The number of aryl methyl sites for hydroxylation is 3. The quantitative estimate of drug-likeness (QED) is 0.438. The lowest BCUT2D eigenvalue weighted by Gasteiger charge is -2.19. The zero-order chi connectivity index (χ0) is 24.3. The lowest BCUT2D eigenvalue weighted by atomic mass is 10.1. The Morgan fingerprint density at radius 2 is 1.73 bits per heavy atom. The number of anilines is 1. The van der Waals surface area contributed by atoms with Crippen LogP contribution < -0.4 is 5.32 Å². The molecule has 0 aliphatic heterocycles. The van der Waals surface area contributed by atoms with Crippen LogP contribution in [0, 0.1) is 20.8 Å². The molecule has 0 aliphatic rings. The normalized spacial score (nSPS) is 12.8. The highest BCUT2D eigenvalue weighted by molar-refractivity contribution is 8.00. The minimum atomic E-state index is -3.54. The number of carbonyl (C=O) groups excluding carboxylic acids is 1. The van der Waals surface area contributed by atoms with E-state index in [1.165, 1.54) is 16.1 Å². The van der Waals surface area contributed by atoms with Gasteiger partial charge >= 0.3 is 0 Å². The van der Waals surface area contributed by atoms with Crippen LogP contribution in [0.5, 0.6) is 0 Å². The van der Waals surface area contributed by atoms with E-state index in [9.17, 15) is 13.2 Å². The molecular formula is C25H31N3O3S2. The molecule has 1 N–H and O–H groups in total. The van der Waals surface area contributed by atoms with Gasteiger partial charge in [0.15, 0.2) is 0 Å². The van der Waals surface area contributed by atoms with Crippen molar-refractivity contribution in [3.63, 3.8) is 0 Å². The first-order chi connectivity index (χ1) is 15.6. The largest absolute Gasteiger partial charge is 0.325 e. The lowest BCUT2D eigenvalue weighted by molar-refractivity contribution is -0.115. The minimum Gasteiger partial charge on any atom is -0.325 e.